The Bertz CT molecular complexity index is 780. The van der Waals surface area contributed by atoms with Gasteiger partial charge in [0.15, 0.2) is 0 Å². The molecular formula is C22H26N2O4. The lowest BCUT2D eigenvalue weighted by Crippen LogP contribution is -2.47. The number of rotatable bonds is 6. The number of carboxylic acids is 1. The van der Waals surface area contributed by atoms with E-state index in [2.05, 4.69) is 29.2 Å². The molecule has 0 aromatic heterocycles. The number of carbonyl (C=O) groups is 1. The molecule has 2 heterocycles. The second-order valence-electron chi connectivity index (χ2n) is 7.32. The molecule has 2 aliphatic heterocycles. The molecule has 0 spiro atoms. The molecule has 6 heteroatoms. The van der Waals surface area contributed by atoms with Gasteiger partial charge in [0.1, 0.15) is 0 Å². The average molecular weight is 382 g/mol. The lowest BCUT2D eigenvalue weighted by Gasteiger charge is -2.34. The largest absolute Gasteiger partial charge is 0.480 e. The molecular weight excluding hydrogens is 356 g/mol. The number of nitrogens with zero attached hydrogens (tertiary/aromatic N) is 2. The van der Waals surface area contributed by atoms with Gasteiger partial charge in [0, 0.05) is 43.9 Å². The molecule has 0 amide bonds. The van der Waals surface area contributed by atoms with Crippen LogP contribution >= 0.6 is 0 Å². The van der Waals surface area contributed by atoms with Crippen LogP contribution in [0.5, 0.6) is 0 Å². The normalized spacial score (nSPS) is 20.3. The van der Waals surface area contributed by atoms with Crippen molar-refractivity contribution in [3.05, 3.63) is 71.3 Å². The van der Waals surface area contributed by atoms with E-state index in [0.717, 1.165) is 43.9 Å². The fraction of sp³-hybridized carbons (Fsp3) is 0.409. The molecule has 1 N–H and O–H groups in total. The van der Waals surface area contributed by atoms with E-state index in [1.54, 1.807) is 0 Å². The standard InChI is InChI=1S/C22H26N2O4/c25-21(26)17-24-12-10-23(11-13-24)16-18-6-8-20(9-7-18)22(27-14-15-28-22)19-4-2-1-3-5-19/h1-9H,10-17H2,(H,25,26). The molecule has 2 fully saturated rings. The third kappa shape index (κ3) is 4.10. The van der Waals surface area contributed by atoms with Gasteiger partial charge in [-0.05, 0) is 5.56 Å². The van der Waals surface area contributed by atoms with Crippen LogP contribution in [0.4, 0.5) is 0 Å². The van der Waals surface area contributed by atoms with Crippen molar-refractivity contribution in [2.75, 3.05) is 45.9 Å². The predicted molar refractivity (Wildman–Crippen MR) is 105 cm³/mol. The summed E-state index contributed by atoms with van der Waals surface area (Å²) in [6, 6.07) is 18.5. The number of benzene rings is 2. The van der Waals surface area contributed by atoms with Crippen LogP contribution in [0.3, 0.4) is 0 Å². The van der Waals surface area contributed by atoms with Crippen LogP contribution < -0.4 is 0 Å². The highest BCUT2D eigenvalue weighted by Gasteiger charge is 2.40. The van der Waals surface area contributed by atoms with Gasteiger partial charge in [0.05, 0.1) is 19.8 Å². The Morgan fingerprint density at radius 2 is 1.43 bits per heavy atom. The molecule has 28 heavy (non-hydrogen) atoms. The van der Waals surface area contributed by atoms with E-state index < -0.39 is 11.8 Å². The van der Waals surface area contributed by atoms with Gasteiger partial charge in [0.2, 0.25) is 5.79 Å². The zero-order valence-corrected chi connectivity index (χ0v) is 15.9. The molecule has 0 radical (unpaired) electrons. The molecule has 0 atom stereocenters. The minimum Gasteiger partial charge on any atom is -0.480 e. The van der Waals surface area contributed by atoms with Crippen LogP contribution in [0.25, 0.3) is 0 Å². The minimum absolute atomic E-state index is 0.129. The summed E-state index contributed by atoms with van der Waals surface area (Å²) in [5.74, 6) is -1.57. The number of aliphatic carboxylic acids is 1. The summed E-state index contributed by atoms with van der Waals surface area (Å²) in [7, 11) is 0. The third-order valence-corrected chi connectivity index (χ3v) is 5.41. The number of carboxylic acid groups (broad SMARTS) is 1. The Labute approximate surface area is 165 Å². The number of hydrogen-bond acceptors (Lipinski definition) is 5. The van der Waals surface area contributed by atoms with Crippen molar-refractivity contribution >= 4 is 5.97 Å². The molecule has 148 valence electrons. The SMILES string of the molecule is O=C(O)CN1CCN(Cc2ccc(C3(c4ccccc4)OCCO3)cc2)CC1. The van der Waals surface area contributed by atoms with Crippen LogP contribution in [-0.2, 0) is 26.6 Å². The maximum Gasteiger partial charge on any atom is 0.317 e. The Hall–Kier alpha value is -2.25. The van der Waals surface area contributed by atoms with E-state index in [1.807, 2.05) is 35.2 Å². The summed E-state index contributed by atoms with van der Waals surface area (Å²) in [5.41, 5.74) is 3.25. The fourth-order valence-electron chi connectivity index (χ4n) is 3.95. The summed E-state index contributed by atoms with van der Waals surface area (Å²) in [4.78, 5) is 15.2. The number of hydrogen-bond donors (Lipinski definition) is 1. The monoisotopic (exact) mass is 382 g/mol. The molecule has 0 aliphatic carbocycles. The van der Waals surface area contributed by atoms with E-state index in [0.29, 0.717) is 13.2 Å². The summed E-state index contributed by atoms with van der Waals surface area (Å²) in [6.45, 7) is 5.51. The fourth-order valence-corrected chi connectivity index (χ4v) is 3.95. The third-order valence-electron chi connectivity index (χ3n) is 5.41. The number of piperazine rings is 1. The van der Waals surface area contributed by atoms with Crippen LogP contribution in [-0.4, -0.2) is 66.8 Å². The Morgan fingerprint density at radius 3 is 2.04 bits per heavy atom. The van der Waals surface area contributed by atoms with Gasteiger partial charge in [-0.25, -0.2) is 0 Å². The first-order valence-electron chi connectivity index (χ1n) is 9.75. The Kier molecular flexibility index (Phi) is 5.73. The highest BCUT2D eigenvalue weighted by atomic mass is 16.7. The van der Waals surface area contributed by atoms with Crippen LogP contribution in [0.1, 0.15) is 16.7 Å². The first kappa shape index (κ1) is 19.1. The van der Waals surface area contributed by atoms with Gasteiger partial charge in [-0.3, -0.25) is 14.6 Å². The maximum absolute atomic E-state index is 10.8. The van der Waals surface area contributed by atoms with E-state index >= 15 is 0 Å². The molecule has 0 saturated carbocycles. The van der Waals surface area contributed by atoms with E-state index in [9.17, 15) is 4.79 Å². The first-order valence-corrected chi connectivity index (χ1v) is 9.75. The zero-order chi connectivity index (χ0) is 19.4. The second-order valence-corrected chi connectivity index (χ2v) is 7.32. The maximum atomic E-state index is 10.8. The van der Waals surface area contributed by atoms with Crippen molar-refractivity contribution < 1.29 is 19.4 Å². The molecule has 2 aromatic carbocycles. The second kappa shape index (κ2) is 8.41. The summed E-state index contributed by atoms with van der Waals surface area (Å²) in [5, 5.41) is 8.91. The first-order chi connectivity index (χ1) is 13.7. The molecule has 0 bridgehead atoms. The molecule has 4 rings (SSSR count). The lowest BCUT2D eigenvalue weighted by atomic mass is 9.96. The van der Waals surface area contributed by atoms with E-state index in [-0.39, 0.29) is 6.54 Å². The molecule has 2 saturated heterocycles. The van der Waals surface area contributed by atoms with Gasteiger partial charge in [0.25, 0.3) is 0 Å². The molecule has 0 unspecified atom stereocenters. The number of ether oxygens (including phenoxy) is 2. The van der Waals surface area contributed by atoms with Gasteiger partial charge < -0.3 is 14.6 Å². The van der Waals surface area contributed by atoms with Gasteiger partial charge in [-0.1, -0.05) is 54.6 Å². The summed E-state index contributed by atoms with van der Waals surface area (Å²) >= 11 is 0. The highest BCUT2D eigenvalue weighted by molar-refractivity contribution is 5.69. The van der Waals surface area contributed by atoms with Gasteiger partial charge in [-0.15, -0.1) is 0 Å². The summed E-state index contributed by atoms with van der Waals surface area (Å²) in [6.07, 6.45) is 0. The smallest absolute Gasteiger partial charge is 0.317 e. The predicted octanol–water partition coefficient (Wildman–Crippen LogP) is 2.14. The quantitative estimate of drug-likeness (QED) is 0.826. The lowest BCUT2D eigenvalue weighted by molar-refractivity contribution is -0.138. The van der Waals surface area contributed by atoms with Crippen molar-refractivity contribution in [2.24, 2.45) is 0 Å². The van der Waals surface area contributed by atoms with E-state index in [1.165, 1.54) is 5.56 Å². The van der Waals surface area contributed by atoms with Crippen molar-refractivity contribution in [2.45, 2.75) is 12.3 Å². The van der Waals surface area contributed by atoms with Crippen LogP contribution in [0, 0.1) is 0 Å². The highest BCUT2D eigenvalue weighted by Crippen LogP contribution is 2.38. The Morgan fingerprint density at radius 1 is 0.857 bits per heavy atom. The summed E-state index contributed by atoms with van der Waals surface area (Å²) < 4.78 is 12.1. The van der Waals surface area contributed by atoms with E-state index in [4.69, 9.17) is 14.6 Å². The Balaban J connectivity index is 1.42. The van der Waals surface area contributed by atoms with Crippen molar-refractivity contribution in [3.63, 3.8) is 0 Å². The van der Waals surface area contributed by atoms with Crippen molar-refractivity contribution in [1.29, 1.82) is 0 Å². The van der Waals surface area contributed by atoms with Crippen molar-refractivity contribution in [1.82, 2.24) is 9.80 Å². The zero-order valence-electron chi connectivity index (χ0n) is 15.9. The van der Waals surface area contributed by atoms with Gasteiger partial charge in [-0.2, -0.15) is 0 Å². The molecule has 2 aliphatic rings. The molecule has 2 aromatic rings. The van der Waals surface area contributed by atoms with Crippen molar-refractivity contribution in [3.8, 4) is 0 Å². The minimum atomic E-state index is -0.817. The van der Waals surface area contributed by atoms with Gasteiger partial charge >= 0.3 is 5.97 Å². The molecule has 6 nitrogen and oxygen atoms in total. The van der Waals surface area contributed by atoms with Crippen LogP contribution in [0.15, 0.2) is 54.6 Å². The average Bonchev–Trinajstić information content (AvgIpc) is 3.22. The topological polar surface area (TPSA) is 62.2 Å². The van der Waals surface area contributed by atoms with Crippen LogP contribution in [0.2, 0.25) is 0 Å².